The maximum Gasteiger partial charge on any atom is 0.238 e. The number of nitrogens with zero attached hydrogens (tertiary/aromatic N) is 4. The average Bonchev–Trinajstić information content (AvgIpc) is 2.80. The number of benzene rings is 3. The summed E-state index contributed by atoms with van der Waals surface area (Å²) in [5, 5.41) is 21.4. The molecule has 0 atom stereocenters. The van der Waals surface area contributed by atoms with Gasteiger partial charge in [0.25, 0.3) is 0 Å². The Balaban J connectivity index is 1.25. The Morgan fingerprint density at radius 1 is 0.806 bits per heavy atom. The number of aromatic hydroxyl groups is 1. The molecule has 31 heavy (non-hydrogen) atoms. The van der Waals surface area contributed by atoms with Crippen LogP contribution in [0.1, 0.15) is 0 Å². The molecule has 0 unspecified atom stereocenters. The molecule has 1 amide bonds. The lowest BCUT2D eigenvalue weighted by Crippen LogP contribution is -2.48. The normalized spacial score (nSPS) is 14.6. The van der Waals surface area contributed by atoms with Gasteiger partial charge in [-0.3, -0.25) is 9.69 Å². The maximum atomic E-state index is 12.4. The van der Waals surface area contributed by atoms with Crippen molar-refractivity contribution in [2.24, 2.45) is 10.2 Å². The lowest BCUT2D eigenvalue weighted by molar-refractivity contribution is -0.117. The van der Waals surface area contributed by atoms with Crippen molar-refractivity contribution < 1.29 is 9.90 Å². The smallest absolute Gasteiger partial charge is 0.238 e. The van der Waals surface area contributed by atoms with Gasteiger partial charge in [0.1, 0.15) is 5.75 Å². The van der Waals surface area contributed by atoms with E-state index in [9.17, 15) is 9.90 Å². The minimum absolute atomic E-state index is 0.0466. The Kier molecular flexibility index (Phi) is 6.54. The van der Waals surface area contributed by atoms with Crippen LogP contribution in [-0.4, -0.2) is 48.6 Å². The lowest BCUT2D eigenvalue weighted by Gasteiger charge is -2.35. The third-order valence-electron chi connectivity index (χ3n) is 5.15. The number of carbonyl (C=O) groups excluding carboxylic acids is 1. The van der Waals surface area contributed by atoms with Gasteiger partial charge in [-0.05, 0) is 48.5 Å². The molecule has 0 radical (unpaired) electrons. The summed E-state index contributed by atoms with van der Waals surface area (Å²) >= 11 is 0. The van der Waals surface area contributed by atoms with E-state index in [1.807, 2.05) is 72.8 Å². The van der Waals surface area contributed by atoms with E-state index in [4.69, 9.17) is 0 Å². The summed E-state index contributed by atoms with van der Waals surface area (Å²) in [6.45, 7) is 3.41. The predicted molar refractivity (Wildman–Crippen MR) is 122 cm³/mol. The topological polar surface area (TPSA) is 80.5 Å². The summed E-state index contributed by atoms with van der Waals surface area (Å²) in [7, 11) is 0. The zero-order valence-corrected chi connectivity index (χ0v) is 17.2. The van der Waals surface area contributed by atoms with E-state index in [1.54, 1.807) is 6.07 Å². The third kappa shape index (κ3) is 5.67. The lowest BCUT2D eigenvalue weighted by atomic mass is 10.2. The van der Waals surface area contributed by atoms with Crippen molar-refractivity contribution in [1.29, 1.82) is 0 Å². The molecule has 0 saturated carbocycles. The van der Waals surface area contributed by atoms with Crippen molar-refractivity contribution >= 4 is 28.7 Å². The van der Waals surface area contributed by atoms with Gasteiger partial charge < -0.3 is 15.3 Å². The van der Waals surface area contributed by atoms with Crippen molar-refractivity contribution in [2.45, 2.75) is 0 Å². The Bertz CT molecular complexity index is 1030. The van der Waals surface area contributed by atoms with Gasteiger partial charge in [0, 0.05) is 31.9 Å². The van der Waals surface area contributed by atoms with E-state index in [1.165, 1.54) is 0 Å². The van der Waals surface area contributed by atoms with Crippen molar-refractivity contribution in [3.63, 3.8) is 0 Å². The molecular formula is C24H25N5O2. The van der Waals surface area contributed by atoms with Crippen LogP contribution in [-0.2, 0) is 4.79 Å². The van der Waals surface area contributed by atoms with Gasteiger partial charge in [-0.1, -0.05) is 30.3 Å². The fourth-order valence-corrected chi connectivity index (χ4v) is 3.50. The SMILES string of the molecule is O=C(CN1CCN(c2ccccc2O)CC1)Nc1ccc(N=Nc2ccccc2)cc1. The van der Waals surface area contributed by atoms with Crippen LogP contribution in [0.15, 0.2) is 89.1 Å². The molecule has 7 heteroatoms. The highest BCUT2D eigenvalue weighted by atomic mass is 16.3. The fraction of sp³-hybridized carbons (Fsp3) is 0.208. The van der Waals surface area contributed by atoms with Crippen LogP contribution in [0.3, 0.4) is 0 Å². The van der Waals surface area contributed by atoms with Gasteiger partial charge in [0.15, 0.2) is 0 Å². The number of amides is 1. The van der Waals surface area contributed by atoms with E-state index in [2.05, 4.69) is 25.3 Å². The Labute approximate surface area is 181 Å². The van der Waals surface area contributed by atoms with Crippen LogP contribution in [0.25, 0.3) is 0 Å². The summed E-state index contributed by atoms with van der Waals surface area (Å²) in [5.74, 6) is 0.245. The van der Waals surface area contributed by atoms with Crippen LogP contribution in [0.4, 0.5) is 22.7 Å². The van der Waals surface area contributed by atoms with E-state index in [0.29, 0.717) is 12.3 Å². The highest BCUT2D eigenvalue weighted by Gasteiger charge is 2.20. The number of carbonyl (C=O) groups is 1. The second kappa shape index (κ2) is 9.86. The Morgan fingerprint density at radius 3 is 2.10 bits per heavy atom. The molecule has 2 N–H and O–H groups in total. The van der Waals surface area contributed by atoms with Crippen LogP contribution in [0.5, 0.6) is 5.75 Å². The van der Waals surface area contributed by atoms with E-state index in [-0.39, 0.29) is 5.91 Å². The molecular weight excluding hydrogens is 390 g/mol. The van der Waals surface area contributed by atoms with E-state index >= 15 is 0 Å². The van der Waals surface area contributed by atoms with E-state index in [0.717, 1.165) is 48.9 Å². The second-order valence-electron chi connectivity index (χ2n) is 7.38. The molecule has 7 nitrogen and oxygen atoms in total. The van der Waals surface area contributed by atoms with Crippen molar-refractivity contribution in [3.8, 4) is 5.75 Å². The van der Waals surface area contributed by atoms with Gasteiger partial charge in [0.05, 0.1) is 23.6 Å². The highest BCUT2D eigenvalue weighted by Crippen LogP contribution is 2.27. The molecule has 3 aromatic carbocycles. The van der Waals surface area contributed by atoms with Gasteiger partial charge in [0.2, 0.25) is 5.91 Å². The number of anilines is 2. The second-order valence-corrected chi connectivity index (χ2v) is 7.38. The molecule has 1 saturated heterocycles. The molecule has 1 aliphatic heterocycles. The van der Waals surface area contributed by atoms with Crippen LogP contribution >= 0.6 is 0 Å². The summed E-state index contributed by atoms with van der Waals surface area (Å²) in [4.78, 5) is 16.7. The van der Waals surface area contributed by atoms with E-state index < -0.39 is 0 Å². The zero-order chi connectivity index (χ0) is 21.5. The number of hydrogen-bond donors (Lipinski definition) is 2. The van der Waals surface area contributed by atoms with Crippen molar-refractivity contribution in [3.05, 3.63) is 78.9 Å². The monoisotopic (exact) mass is 415 g/mol. The molecule has 0 spiro atoms. The Hall–Kier alpha value is -3.71. The highest BCUT2D eigenvalue weighted by molar-refractivity contribution is 5.92. The summed E-state index contributed by atoms with van der Waals surface area (Å²) in [6.07, 6.45) is 0. The number of azo groups is 1. The number of para-hydroxylation sites is 2. The minimum atomic E-state index is -0.0466. The molecule has 1 aliphatic rings. The molecule has 1 heterocycles. The first kappa shape index (κ1) is 20.6. The number of hydrogen-bond acceptors (Lipinski definition) is 6. The first-order valence-corrected chi connectivity index (χ1v) is 10.3. The predicted octanol–water partition coefficient (Wildman–Crippen LogP) is 4.57. The summed E-state index contributed by atoms with van der Waals surface area (Å²) in [6, 6.07) is 24.2. The summed E-state index contributed by atoms with van der Waals surface area (Å²) < 4.78 is 0. The van der Waals surface area contributed by atoms with Gasteiger partial charge in [-0.15, -0.1) is 0 Å². The minimum Gasteiger partial charge on any atom is -0.506 e. The van der Waals surface area contributed by atoms with Crippen LogP contribution < -0.4 is 10.2 Å². The zero-order valence-electron chi connectivity index (χ0n) is 17.2. The molecule has 3 aromatic rings. The van der Waals surface area contributed by atoms with Crippen LogP contribution in [0, 0.1) is 0 Å². The molecule has 1 fully saturated rings. The third-order valence-corrected chi connectivity index (χ3v) is 5.15. The standard InChI is InChI=1S/C24H25N5O2/c30-23-9-5-4-8-22(23)29-16-14-28(15-17-29)18-24(31)25-19-10-12-21(13-11-19)27-26-20-6-2-1-3-7-20/h1-13,30H,14-18H2,(H,25,31). The van der Waals surface area contributed by atoms with Crippen LogP contribution in [0.2, 0.25) is 0 Å². The van der Waals surface area contributed by atoms with Gasteiger partial charge >= 0.3 is 0 Å². The molecule has 0 aliphatic carbocycles. The van der Waals surface area contributed by atoms with Gasteiger partial charge in [-0.25, -0.2) is 0 Å². The molecule has 158 valence electrons. The van der Waals surface area contributed by atoms with Crippen molar-refractivity contribution in [1.82, 2.24) is 4.90 Å². The number of nitrogens with one attached hydrogen (secondary N) is 1. The maximum absolute atomic E-state index is 12.4. The van der Waals surface area contributed by atoms with Gasteiger partial charge in [-0.2, -0.15) is 10.2 Å². The number of phenols is 1. The fourth-order valence-electron chi connectivity index (χ4n) is 3.50. The number of piperazine rings is 1. The summed E-state index contributed by atoms with van der Waals surface area (Å²) in [5.41, 5.74) is 3.09. The molecule has 0 aromatic heterocycles. The molecule has 0 bridgehead atoms. The first-order valence-electron chi connectivity index (χ1n) is 10.3. The Morgan fingerprint density at radius 2 is 1.42 bits per heavy atom. The number of phenolic OH excluding ortho intramolecular Hbond substituents is 1. The van der Waals surface area contributed by atoms with Crippen molar-refractivity contribution in [2.75, 3.05) is 42.9 Å². The average molecular weight is 415 g/mol. The first-order chi connectivity index (χ1) is 15.2. The quantitative estimate of drug-likeness (QED) is 0.578. The largest absolute Gasteiger partial charge is 0.506 e. The molecule has 4 rings (SSSR count). The number of rotatable bonds is 6.